The highest BCUT2D eigenvalue weighted by molar-refractivity contribution is 7.99. The quantitative estimate of drug-likeness (QED) is 0.807. The minimum Gasteiger partial charge on any atom is -0.398 e. The molecule has 1 heterocycles. The van der Waals surface area contributed by atoms with Crippen molar-refractivity contribution in [2.75, 3.05) is 23.8 Å². The summed E-state index contributed by atoms with van der Waals surface area (Å²) in [5.41, 5.74) is 8.01. The van der Waals surface area contributed by atoms with Crippen molar-refractivity contribution in [3.05, 3.63) is 29.3 Å². The molecule has 2 rings (SSSR count). The molecule has 1 saturated heterocycles. The van der Waals surface area contributed by atoms with Gasteiger partial charge in [0.1, 0.15) is 0 Å². The third-order valence-electron chi connectivity index (χ3n) is 3.03. The number of carbonyl (C=O) groups is 1. The number of nitrogens with two attached hydrogens (primary N) is 1. The van der Waals surface area contributed by atoms with Crippen LogP contribution in [0, 0.1) is 12.8 Å². The summed E-state index contributed by atoms with van der Waals surface area (Å²) in [5, 5.41) is 2.98. The monoisotopic (exact) mass is 250 g/mol. The average molecular weight is 250 g/mol. The summed E-state index contributed by atoms with van der Waals surface area (Å²) in [5.74, 6) is 2.94. The second-order valence-corrected chi connectivity index (χ2v) is 5.68. The van der Waals surface area contributed by atoms with Gasteiger partial charge in [-0.25, -0.2) is 0 Å². The number of nitrogen functional groups attached to an aromatic ring is 1. The Morgan fingerprint density at radius 3 is 3.12 bits per heavy atom. The summed E-state index contributed by atoms with van der Waals surface area (Å²) in [6.45, 7) is 2.73. The van der Waals surface area contributed by atoms with Gasteiger partial charge < -0.3 is 11.1 Å². The summed E-state index contributed by atoms with van der Waals surface area (Å²) in [6, 6.07) is 5.55. The molecule has 0 aliphatic carbocycles. The molecule has 0 aromatic heterocycles. The Kier molecular flexibility index (Phi) is 3.94. The zero-order chi connectivity index (χ0) is 12.3. The van der Waals surface area contributed by atoms with E-state index in [-0.39, 0.29) is 5.91 Å². The van der Waals surface area contributed by atoms with E-state index in [1.165, 1.54) is 12.2 Å². The van der Waals surface area contributed by atoms with Gasteiger partial charge in [-0.15, -0.1) is 0 Å². The van der Waals surface area contributed by atoms with Crippen LogP contribution in [0.1, 0.15) is 22.3 Å². The van der Waals surface area contributed by atoms with Gasteiger partial charge in [0, 0.05) is 12.2 Å². The maximum absolute atomic E-state index is 12.0. The van der Waals surface area contributed by atoms with E-state index in [1.807, 2.05) is 30.8 Å². The lowest BCUT2D eigenvalue weighted by Gasteiger charge is -2.11. The molecule has 1 amide bonds. The van der Waals surface area contributed by atoms with Crippen LogP contribution in [0.5, 0.6) is 0 Å². The van der Waals surface area contributed by atoms with Crippen molar-refractivity contribution in [1.29, 1.82) is 0 Å². The number of thioether (sulfide) groups is 1. The predicted octanol–water partition coefficient (Wildman–Crippen LogP) is 2.06. The molecule has 4 heteroatoms. The second kappa shape index (κ2) is 5.45. The van der Waals surface area contributed by atoms with Crippen molar-refractivity contribution in [1.82, 2.24) is 5.32 Å². The minimum atomic E-state index is -0.0527. The normalized spacial score (nSPS) is 19.2. The van der Waals surface area contributed by atoms with Crippen molar-refractivity contribution in [3.8, 4) is 0 Å². The molecule has 1 aromatic carbocycles. The number of hydrogen-bond acceptors (Lipinski definition) is 3. The molecule has 1 aromatic rings. The molecule has 0 radical (unpaired) electrons. The molecule has 1 atom stereocenters. The highest BCUT2D eigenvalue weighted by Gasteiger charge is 2.17. The lowest BCUT2D eigenvalue weighted by molar-refractivity contribution is 0.0949. The number of amides is 1. The molecule has 1 fully saturated rings. The summed E-state index contributed by atoms with van der Waals surface area (Å²) < 4.78 is 0. The number of aryl methyl sites for hydroxylation is 1. The molecule has 1 unspecified atom stereocenters. The maximum Gasteiger partial charge on any atom is 0.253 e. The molecule has 92 valence electrons. The lowest BCUT2D eigenvalue weighted by Crippen LogP contribution is -2.29. The number of benzene rings is 1. The first-order valence-corrected chi connectivity index (χ1v) is 7.04. The number of anilines is 1. The highest BCUT2D eigenvalue weighted by atomic mass is 32.2. The fraction of sp³-hybridized carbons (Fsp3) is 0.462. The SMILES string of the molecule is Cc1ccc(N)c(C(=O)NCC2CCSC2)c1. The molecule has 0 bridgehead atoms. The number of nitrogens with one attached hydrogen (secondary N) is 1. The Morgan fingerprint density at radius 1 is 1.59 bits per heavy atom. The van der Waals surface area contributed by atoms with E-state index in [9.17, 15) is 4.79 Å². The van der Waals surface area contributed by atoms with Crippen LogP contribution in [0.25, 0.3) is 0 Å². The molecule has 3 N–H and O–H groups in total. The van der Waals surface area contributed by atoms with Crippen LogP contribution in [0.2, 0.25) is 0 Å². The number of hydrogen-bond donors (Lipinski definition) is 2. The molecule has 0 saturated carbocycles. The van der Waals surface area contributed by atoms with Gasteiger partial charge in [-0.3, -0.25) is 4.79 Å². The van der Waals surface area contributed by atoms with E-state index >= 15 is 0 Å². The van der Waals surface area contributed by atoms with Crippen LogP contribution in [0.4, 0.5) is 5.69 Å². The van der Waals surface area contributed by atoms with Gasteiger partial charge in [0.25, 0.3) is 5.91 Å². The van der Waals surface area contributed by atoms with Gasteiger partial charge in [0.2, 0.25) is 0 Å². The van der Waals surface area contributed by atoms with E-state index in [1.54, 1.807) is 6.07 Å². The zero-order valence-corrected chi connectivity index (χ0v) is 10.8. The van der Waals surface area contributed by atoms with E-state index in [4.69, 9.17) is 5.73 Å². The summed E-state index contributed by atoms with van der Waals surface area (Å²) in [4.78, 5) is 12.0. The first kappa shape index (κ1) is 12.3. The van der Waals surface area contributed by atoms with Crippen molar-refractivity contribution in [2.45, 2.75) is 13.3 Å². The standard InChI is InChI=1S/C13H18N2OS/c1-9-2-3-12(14)11(6-9)13(16)15-7-10-4-5-17-8-10/h2-3,6,10H,4-5,7-8,14H2,1H3,(H,15,16). The van der Waals surface area contributed by atoms with Crippen LogP contribution >= 0.6 is 11.8 Å². The van der Waals surface area contributed by atoms with Gasteiger partial charge >= 0.3 is 0 Å². The predicted molar refractivity (Wildman–Crippen MR) is 73.4 cm³/mol. The Hall–Kier alpha value is -1.16. The molecule has 1 aliphatic heterocycles. The van der Waals surface area contributed by atoms with Crippen LogP contribution in [-0.2, 0) is 0 Å². The summed E-state index contributed by atoms with van der Waals surface area (Å²) >= 11 is 1.96. The third kappa shape index (κ3) is 3.16. The molecule has 3 nitrogen and oxygen atoms in total. The molecule has 17 heavy (non-hydrogen) atoms. The Bertz CT molecular complexity index is 414. The largest absolute Gasteiger partial charge is 0.398 e. The first-order chi connectivity index (χ1) is 8.16. The third-order valence-corrected chi connectivity index (χ3v) is 4.26. The fourth-order valence-electron chi connectivity index (χ4n) is 1.94. The van der Waals surface area contributed by atoms with Crippen LogP contribution in [-0.4, -0.2) is 24.0 Å². The van der Waals surface area contributed by atoms with E-state index < -0.39 is 0 Å². The molecule has 0 spiro atoms. The topological polar surface area (TPSA) is 55.1 Å². The summed E-state index contributed by atoms with van der Waals surface area (Å²) in [7, 11) is 0. The Morgan fingerprint density at radius 2 is 2.41 bits per heavy atom. The number of rotatable bonds is 3. The second-order valence-electron chi connectivity index (χ2n) is 4.53. The average Bonchev–Trinajstić information content (AvgIpc) is 2.82. The fourth-order valence-corrected chi connectivity index (χ4v) is 3.23. The minimum absolute atomic E-state index is 0.0527. The van der Waals surface area contributed by atoms with Gasteiger partial charge in [0.05, 0.1) is 5.56 Å². The van der Waals surface area contributed by atoms with Crippen molar-refractivity contribution < 1.29 is 4.79 Å². The Balaban J connectivity index is 1.96. The lowest BCUT2D eigenvalue weighted by atomic mass is 10.1. The van der Waals surface area contributed by atoms with E-state index in [0.29, 0.717) is 17.2 Å². The van der Waals surface area contributed by atoms with Crippen LogP contribution in [0.15, 0.2) is 18.2 Å². The molecular formula is C13H18N2OS. The first-order valence-electron chi connectivity index (χ1n) is 5.89. The van der Waals surface area contributed by atoms with Gasteiger partial charge in [-0.2, -0.15) is 11.8 Å². The van der Waals surface area contributed by atoms with Crippen molar-refractivity contribution in [3.63, 3.8) is 0 Å². The van der Waals surface area contributed by atoms with Gasteiger partial charge in [0.15, 0.2) is 0 Å². The van der Waals surface area contributed by atoms with Gasteiger partial charge in [-0.05, 0) is 42.9 Å². The highest BCUT2D eigenvalue weighted by Crippen LogP contribution is 2.22. The Labute approximate surface area is 106 Å². The van der Waals surface area contributed by atoms with Gasteiger partial charge in [-0.1, -0.05) is 11.6 Å². The van der Waals surface area contributed by atoms with Crippen LogP contribution < -0.4 is 11.1 Å². The number of carbonyl (C=O) groups excluding carboxylic acids is 1. The maximum atomic E-state index is 12.0. The van der Waals surface area contributed by atoms with Crippen LogP contribution in [0.3, 0.4) is 0 Å². The molecule has 1 aliphatic rings. The smallest absolute Gasteiger partial charge is 0.253 e. The zero-order valence-electron chi connectivity index (χ0n) is 10.0. The van der Waals surface area contributed by atoms with E-state index in [2.05, 4.69) is 5.32 Å². The summed E-state index contributed by atoms with van der Waals surface area (Å²) in [6.07, 6.45) is 1.20. The van der Waals surface area contributed by atoms with Crippen molar-refractivity contribution >= 4 is 23.4 Å². The molecular weight excluding hydrogens is 232 g/mol. The van der Waals surface area contributed by atoms with E-state index in [0.717, 1.165) is 17.9 Å². The van der Waals surface area contributed by atoms with Crippen molar-refractivity contribution in [2.24, 2.45) is 5.92 Å².